The maximum Gasteiger partial charge on any atom is 0.234 e. The van der Waals surface area contributed by atoms with Crippen molar-refractivity contribution in [3.05, 3.63) is 54.6 Å². The molecule has 2 amide bonds. The molecule has 8 nitrogen and oxygen atoms in total. The van der Waals surface area contributed by atoms with Gasteiger partial charge >= 0.3 is 0 Å². The molecule has 2 bridgehead atoms. The number of anilines is 2. The zero-order chi connectivity index (χ0) is 22.5. The molecule has 166 valence electrons. The first-order chi connectivity index (χ1) is 15.5. The SMILES string of the molecule is COc1ccc(N2CC34C=C[C@@H](O3)C(C(=O)Nc3ccc(OC)c(OC)c3)C4C2=O)cc1. The van der Waals surface area contributed by atoms with Crippen LogP contribution >= 0.6 is 0 Å². The van der Waals surface area contributed by atoms with Crippen LogP contribution in [0.5, 0.6) is 17.2 Å². The molecule has 0 saturated carbocycles. The molecule has 3 unspecified atom stereocenters. The smallest absolute Gasteiger partial charge is 0.234 e. The number of fused-ring (bicyclic) bond motifs is 1. The Morgan fingerprint density at radius 2 is 1.81 bits per heavy atom. The second-order valence-corrected chi connectivity index (χ2v) is 8.08. The molecule has 8 heteroatoms. The minimum Gasteiger partial charge on any atom is -0.497 e. The predicted molar refractivity (Wildman–Crippen MR) is 117 cm³/mol. The van der Waals surface area contributed by atoms with Crippen LogP contribution in [0.4, 0.5) is 11.4 Å². The van der Waals surface area contributed by atoms with Crippen LogP contribution in [-0.2, 0) is 14.3 Å². The molecule has 3 aliphatic rings. The fraction of sp³-hybridized carbons (Fsp3) is 0.333. The Labute approximate surface area is 185 Å². The summed E-state index contributed by atoms with van der Waals surface area (Å²) in [5.41, 5.74) is 0.520. The lowest BCUT2D eigenvalue weighted by Crippen LogP contribution is -2.41. The number of hydrogen-bond donors (Lipinski definition) is 1. The Bertz CT molecular complexity index is 1100. The summed E-state index contributed by atoms with van der Waals surface area (Å²) in [6.07, 6.45) is 3.39. The van der Waals surface area contributed by atoms with Gasteiger partial charge in [0.1, 0.15) is 11.4 Å². The molecule has 5 rings (SSSR count). The summed E-state index contributed by atoms with van der Waals surface area (Å²) < 4.78 is 22.0. The van der Waals surface area contributed by atoms with Crippen molar-refractivity contribution >= 4 is 23.2 Å². The summed E-state index contributed by atoms with van der Waals surface area (Å²) in [6.45, 7) is 0.371. The van der Waals surface area contributed by atoms with Crippen LogP contribution in [0.25, 0.3) is 0 Å². The third kappa shape index (κ3) is 3.02. The summed E-state index contributed by atoms with van der Waals surface area (Å²) in [5.74, 6) is 0.203. The average Bonchev–Trinajstić information content (AvgIpc) is 3.47. The Morgan fingerprint density at radius 3 is 2.50 bits per heavy atom. The fourth-order valence-corrected chi connectivity index (χ4v) is 4.92. The second kappa shape index (κ2) is 7.56. The molecule has 2 aromatic carbocycles. The van der Waals surface area contributed by atoms with Crippen LogP contribution in [0.15, 0.2) is 54.6 Å². The van der Waals surface area contributed by atoms with E-state index in [1.807, 2.05) is 36.4 Å². The number of carbonyl (C=O) groups is 2. The number of amides is 2. The third-order valence-electron chi connectivity index (χ3n) is 6.44. The number of methoxy groups -OCH3 is 3. The summed E-state index contributed by atoms with van der Waals surface area (Å²) in [5, 5.41) is 2.92. The molecule has 0 aliphatic carbocycles. The number of ether oxygens (including phenoxy) is 4. The monoisotopic (exact) mass is 436 g/mol. The first-order valence-electron chi connectivity index (χ1n) is 10.3. The van der Waals surface area contributed by atoms with E-state index in [0.29, 0.717) is 29.5 Å². The quantitative estimate of drug-likeness (QED) is 0.701. The standard InChI is InChI=1S/C24H24N2O6/c1-29-16-7-5-15(6-8-16)26-13-24-11-10-18(32-24)20(21(24)23(26)28)22(27)25-14-4-9-17(30-2)19(12-14)31-3/h4-12,18,20-21H,13H2,1-3H3,(H,25,27)/t18-,20?,21?,24?/m1/s1. The second-order valence-electron chi connectivity index (χ2n) is 8.08. The molecular weight excluding hydrogens is 412 g/mol. The zero-order valence-electron chi connectivity index (χ0n) is 18.0. The highest BCUT2D eigenvalue weighted by Crippen LogP contribution is 2.53. The van der Waals surface area contributed by atoms with Gasteiger partial charge < -0.3 is 29.2 Å². The number of rotatable bonds is 6. The molecule has 3 heterocycles. The maximum absolute atomic E-state index is 13.4. The van der Waals surface area contributed by atoms with E-state index in [9.17, 15) is 9.59 Å². The van der Waals surface area contributed by atoms with Crippen molar-refractivity contribution in [2.75, 3.05) is 38.1 Å². The van der Waals surface area contributed by atoms with E-state index in [-0.39, 0.29) is 11.8 Å². The summed E-state index contributed by atoms with van der Waals surface area (Å²) in [6, 6.07) is 12.4. The molecular formula is C24H24N2O6. The predicted octanol–water partition coefficient (Wildman–Crippen LogP) is 2.64. The molecule has 2 saturated heterocycles. The summed E-state index contributed by atoms with van der Waals surface area (Å²) in [7, 11) is 4.68. The van der Waals surface area contributed by atoms with Gasteiger partial charge in [-0.15, -0.1) is 0 Å². The van der Waals surface area contributed by atoms with Gasteiger partial charge in [0.15, 0.2) is 11.5 Å². The van der Waals surface area contributed by atoms with Gasteiger partial charge in [0, 0.05) is 17.4 Å². The molecule has 3 aliphatic heterocycles. The summed E-state index contributed by atoms with van der Waals surface area (Å²) >= 11 is 0. The van der Waals surface area contributed by atoms with Crippen molar-refractivity contribution in [1.82, 2.24) is 0 Å². The van der Waals surface area contributed by atoms with Gasteiger partial charge in [-0.25, -0.2) is 0 Å². The lowest BCUT2D eigenvalue weighted by molar-refractivity contribution is -0.128. The number of nitrogens with one attached hydrogen (secondary N) is 1. The number of carbonyl (C=O) groups excluding carboxylic acids is 2. The lowest BCUT2D eigenvalue weighted by atomic mass is 9.77. The lowest BCUT2D eigenvalue weighted by Gasteiger charge is -2.23. The minimum absolute atomic E-state index is 0.116. The highest BCUT2D eigenvalue weighted by molar-refractivity contribution is 6.05. The Hall–Kier alpha value is -3.52. The van der Waals surface area contributed by atoms with Crippen LogP contribution in [-0.4, -0.2) is 51.4 Å². The number of nitrogens with zero attached hydrogens (tertiary/aromatic N) is 1. The van der Waals surface area contributed by atoms with E-state index >= 15 is 0 Å². The van der Waals surface area contributed by atoms with E-state index in [4.69, 9.17) is 18.9 Å². The van der Waals surface area contributed by atoms with Crippen molar-refractivity contribution in [2.24, 2.45) is 11.8 Å². The Balaban J connectivity index is 1.39. The highest BCUT2D eigenvalue weighted by atomic mass is 16.5. The van der Waals surface area contributed by atoms with Gasteiger partial charge in [0.2, 0.25) is 11.8 Å². The van der Waals surface area contributed by atoms with Crippen molar-refractivity contribution in [3.8, 4) is 17.2 Å². The van der Waals surface area contributed by atoms with Crippen LogP contribution in [0.3, 0.4) is 0 Å². The highest BCUT2D eigenvalue weighted by Gasteiger charge is 2.67. The van der Waals surface area contributed by atoms with Crippen molar-refractivity contribution in [1.29, 1.82) is 0 Å². The molecule has 1 spiro atoms. The van der Waals surface area contributed by atoms with E-state index in [1.165, 1.54) is 7.11 Å². The van der Waals surface area contributed by atoms with Gasteiger partial charge in [0.25, 0.3) is 0 Å². The van der Waals surface area contributed by atoms with Gasteiger partial charge in [0.05, 0.1) is 45.8 Å². The molecule has 2 fully saturated rings. The Kier molecular flexibility index (Phi) is 4.82. The van der Waals surface area contributed by atoms with Crippen LogP contribution in [0.2, 0.25) is 0 Å². The van der Waals surface area contributed by atoms with E-state index in [1.54, 1.807) is 37.3 Å². The fourth-order valence-electron chi connectivity index (χ4n) is 4.92. The molecule has 4 atom stereocenters. The molecule has 1 N–H and O–H groups in total. The van der Waals surface area contributed by atoms with Gasteiger partial charge in [-0.3, -0.25) is 9.59 Å². The van der Waals surface area contributed by atoms with Crippen molar-refractivity contribution in [2.45, 2.75) is 11.7 Å². The average molecular weight is 436 g/mol. The minimum atomic E-state index is -0.790. The molecule has 0 aromatic heterocycles. The van der Waals surface area contributed by atoms with E-state index < -0.39 is 23.5 Å². The molecule has 32 heavy (non-hydrogen) atoms. The third-order valence-corrected chi connectivity index (χ3v) is 6.44. The van der Waals surface area contributed by atoms with Gasteiger partial charge in [-0.2, -0.15) is 0 Å². The first-order valence-corrected chi connectivity index (χ1v) is 10.3. The van der Waals surface area contributed by atoms with Gasteiger partial charge in [-0.1, -0.05) is 12.2 Å². The van der Waals surface area contributed by atoms with E-state index in [2.05, 4.69) is 5.32 Å². The molecule has 2 aromatic rings. The normalized spacial score (nSPS) is 27.4. The van der Waals surface area contributed by atoms with Crippen LogP contribution in [0.1, 0.15) is 0 Å². The van der Waals surface area contributed by atoms with E-state index in [0.717, 1.165) is 5.69 Å². The van der Waals surface area contributed by atoms with Crippen molar-refractivity contribution in [3.63, 3.8) is 0 Å². The molecule has 0 radical (unpaired) electrons. The number of hydrogen-bond acceptors (Lipinski definition) is 6. The zero-order valence-corrected chi connectivity index (χ0v) is 18.0. The summed E-state index contributed by atoms with van der Waals surface area (Å²) in [4.78, 5) is 28.4. The Morgan fingerprint density at radius 1 is 1.06 bits per heavy atom. The van der Waals surface area contributed by atoms with Crippen molar-refractivity contribution < 1.29 is 28.5 Å². The number of benzene rings is 2. The van der Waals surface area contributed by atoms with Crippen LogP contribution in [0, 0.1) is 11.8 Å². The topological polar surface area (TPSA) is 86.3 Å². The van der Waals surface area contributed by atoms with Crippen LogP contribution < -0.4 is 24.4 Å². The van der Waals surface area contributed by atoms with Gasteiger partial charge in [-0.05, 0) is 36.4 Å². The maximum atomic E-state index is 13.4. The largest absolute Gasteiger partial charge is 0.497 e. The first kappa shape index (κ1) is 20.4.